The third-order valence-corrected chi connectivity index (χ3v) is 2.07. The van der Waals surface area contributed by atoms with E-state index < -0.39 is 0 Å². The lowest BCUT2D eigenvalue weighted by Crippen LogP contribution is -2.10. The molecule has 1 heteroatoms. The molecule has 0 amide bonds. The van der Waals surface area contributed by atoms with E-state index in [0.717, 1.165) is 5.56 Å². The van der Waals surface area contributed by atoms with Gasteiger partial charge in [0.15, 0.2) is 0 Å². The summed E-state index contributed by atoms with van der Waals surface area (Å²) in [6, 6.07) is 8.47. The van der Waals surface area contributed by atoms with Crippen molar-refractivity contribution in [1.82, 2.24) is 0 Å². The highest BCUT2D eigenvalue weighted by Gasteiger charge is 2.12. The molecule has 0 bridgehead atoms. The molecule has 1 aromatic rings. The molecule has 0 aliphatic carbocycles. The van der Waals surface area contributed by atoms with Crippen molar-refractivity contribution in [3.63, 3.8) is 0 Å². The molecular weight excluding hydrogens is 158 g/mol. The Kier molecular flexibility index (Phi) is 2.76. The van der Waals surface area contributed by atoms with Gasteiger partial charge in [0.05, 0.1) is 0 Å². The van der Waals surface area contributed by atoms with Crippen LogP contribution in [0.3, 0.4) is 0 Å². The largest absolute Gasteiger partial charge is 0.405 e. The summed E-state index contributed by atoms with van der Waals surface area (Å²) in [6.07, 6.45) is 3.46. The lowest BCUT2D eigenvalue weighted by Gasteiger charge is -2.18. The first-order valence-electron chi connectivity index (χ1n) is 4.53. The van der Waals surface area contributed by atoms with E-state index in [2.05, 4.69) is 45.0 Å². The Bertz CT molecular complexity index is 288. The topological polar surface area (TPSA) is 26.0 Å². The Morgan fingerprint density at radius 1 is 1.08 bits per heavy atom. The molecule has 0 saturated carbocycles. The third kappa shape index (κ3) is 2.62. The Hall–Kier alpha value is -1.24. The molecule has 1 nitrogen and oxygen atoms in total. The Morgan fingerprint density at radius 3 is 2.00 bits per heavy atom. The zero-order valence-electron chi connectivity index (χ0n) is 8.54. The minimum absolute atomic E-state index is 0.227. The number of hydrogen-bond acceptors (Lipinski definition) is 1. The first kappa shape index (κ1) is 9.85. The molecule has 0 aliphatic rings. The van der Waals surface area contributed by atoms with E-state index in [1.807, 2.05) is 6.08 Å². The number of benzene rings is 1. The van der Waals surface area contributed by atoms with Gasteiger partial charge in [-0.1, -0.05) is 45.0 Å². The molecule has 1 aromatic carbocycles. The lowest BCUT2D eigenvalue weighted by atomic mass is 9.87. The van der Waals surface area contributed by atoms with Crippen LogP contribution in [0, 0.1) is 0 Å². The molecule has 0 spiro atoms. The van der Waals surface area contributed by atoms with E-state index >= 15 is 0 Å². The van der Waals surface area contributed by atoms with Crippen LogP contribution in [-0.4, -0.2) is 0 Å². The maximum Gasteiger partial charge on any atom is -0.00564 e. The monoisotopic (exact) mass is 175 g/mol. The summed E-state index contributed by atoms with van der Waals surface area (Å²) in [5.74, 6) is 0. The Balaban J connectivity index is 2.94. The fourth-order valence-corrected chi connectivity index (χ4v) is 1.21. The van der Waals surface area contributed by atoms with Crippen LogP contribution in [0.1, 0.15) is 31.9 Å². The second-order valence-electron chi connectivity index (χ2n) is 4.23. The van der Waals surface area contributed by atoms with Crippen LogP contribution in [0.25, 0.3) is 6.08 Å². The molecule has 0 saturated heterocycles. The number of nitrogens with two attached hydrogens (primary N) is 1. The van der Waals surface area contributed by atoms with Crippen molar-refractivity contribution < 1.29 is 0 Å². The Labute approximate surface area is 80.3 Å². The SMILES string of the molecule is CC(C)(C)c1ccc(C=CN)cc1. The minimum Gasteiger partial charge on any atom is -0.405 e. The van der Waals surface area contributed by atoms with Gasteiger partial charge in [0.1, 0.15) is 0 Å². The fraction of sp³-hybridized carbons (Fsp3) is 0.333. The van der Waals surface area contributed by atoms with Crippen LogP contribution in [0.5, 0.6) is 0 Å². The number of rotatable bonds is 1. The maximum absolute atomic E-state index is 5.30. The number of hydrogen-bond donors (Lipinski definition) is 1. The highest BCUT2D eigenvalue weighted by Crippen LogP contribution is 2.22. The van der Waals surface area contributed by atoms with Crippen LogP contribution >= 0.6 is 0 Å². The van der Waals surface area contributed by atoms with Gasteiger partial charge in [-0.3, -0.25) is 0 Å². The van der Waals surface area contributed by atoms with Gasteiger partial charge in [-0.05, 0) is 28.8 Å². The average Bonchev–Trinajstić information content (AvgIpc) is 2.04. The van der Waals surface area contributed by atoms with Crippen LogP contribution in [0.2, 0.25) is 0 Å². The van der Waals surface area contributed by atoms with Gasteiger partial charge in [0, 0.05) is 0 Å². The van der Waals surface area contributed by atoms with Crippen LogP contribution in [-0.2, 0) is 5.41 Å². The van der Waals surface area contributed by atoms with E-state index in [0.29, 0.717) is 0 Å². The summed E-state index contributed by atoms with van der Waals surface area (Å²) in [7, 11) is 0. The summed E-state index contributed by atoms with van der Waals surface area (Å²) in [5, 5.41) is 0. The first-order chi connectivity index (χ1) is 6.04. The summed E-state index contributed by atoms with van der Waals surface area (Å²) in [4.78, 5) is 0. The highest BCUT2D eigenvalue weighted by molar-refractivity contribution is 5.49. The second-order valence-corrected chi connectivity index (χ2v) is 4.23. The molecule has 1 rings (SSSR count). The van der Waals surface area contributed by atoms with Gasteiger partial charge >= 0.3 is 0 Å². The molecule has 0 fully saturated rings. The van der Waals surface area contributed by atoms with E-state index in [-0.39, 0.29) is 5.41 Å². The maximum atomic E-state index is 5.30. The van der Waals surface area contributed by atoms with Gasteiger partial charge < -0.3 is 5.73 Å². The molecule has 70 valence electrons. The molecule has 0 heterocycles. The molecule has 0 atom stereocenters. The predicted octanol–water partition coefficient (Wildman–Crippen LogP) is 2.91. The molecule has 0 unspecified atom stereocenters. The quantitative estimate of drug-likeness (QED) is 0.697. The minimum atomic E-state index is 0.227. The van der Waals surface area contributed by atoms with Crippen molar-refractivity contribution in [2.45, 2.75) is 26.2 Å². The molecule has 13 heavy (non-hydrogen) atoms. The van der Waals surface area contributed by atoms with E-state index in [1.54, 1.807) is 6.20 Å². The zero-order valence-corrected chi connectivity index (χ0v) is 8.54. The van der Waals surface area contributed by atoms with Crippen molar-refractivity contribution in [2.24, 2.45) is 5.73 Å². The Morgan fingerprint density at radius 2 is 1.62 bits per heavy atom. The van der Waals surface area contributed by atoms with Crippen molar-refractivity contribution in [1.29, 1.82) is 0 Å². The smallest absolute Gasteiger partial charge is 0.00564 e. The van der Waals surface area contributed by atoms with Crippen LogP contribution in [0.15, 0.2) is 30.5 Å². The van der Waals surface area contributed by atoms with Gasteiger partial charge in [-0.25, -0.2) is 0 Å². The van der Waals surface area contributed by atoms with Crippen LogP contribution in [0.4, 0.5) is 0 Å². The summed E-state index contributed by atoms with van der Waals surface area (Å²) in [5.41, 5.74) is 8.03. The molecule has 0 aromatic heterocycles. The van der Waals surface area contributed by atoms with E-state index in [4.69, 9.17) is 5.73 Å². The van der Waals surface area contributed by atoms with Gasteiger partial charge in [0.25, 0.3) is 0 Å². The van der Waals surface area contributed by atoms with Gasteiger partial charge in [-0.15, -0.1) is 0 Å². The van der Waals surface area contributed by atoms with Crippen LogP contribution < -0.4 is 5.73 Å². The predicted molar refractivity (Wildman–Crippen MR) is 58.4 cm³/mol. The van der Waals surface area contributed by atoms with Crippen molar-refractivity contribution >= 4 is 6.08 Å². The molecular formula is C12H17N. The van der Waals surface area contributed by atoms with Crippen molar-refractivity contribution in [3.05, 3.63) is 41.6 Å². The summed E-state index contributed by atoms with van der Waals surface area (Å²) < 4.78 is 0. The first-order valence-corrected chi connectivity index (χ1v) is 4.53. The summed E-state index contributed by atoms with van der Waals surface area (Å²) in [6.45, 7) is 6.63. The van der Waals surface area contributed by atoms with E-state index in [1.165, 1.54) is 5.56 Å². The molecule has 2 N–H and O–H groups in total. The zero-order chi connectivity index (χ0) is 9.90. The van der Waals surface area contributed by atoms with Gasteiger partial charge in [-0.2, -0.15) is 0 Å². The standard InChI is InChI=1S/C12H17N/c1-12(2,3)11-6-4-10(5-7-11)8-9-13/h4-9H,13H2,1-3H3. The summed E-state index contributed by atoms with van der Waals surface area (Å²) >= 11 is 0. The third-order valence-electron chi connectivity index (χ3n) is 2.07. The normalized spacial score (nSPS) is 12.2. The van der Waals surface area contributed by atoms with Crippen molar-refractivity contribution in [2.75, 3.05) is 0 Å². The lowest BCUT2D eigenvalue weighted by molar-refractivity contribution is 0.590. The van der Waals surface area contributed by atoms with E-state index in [9.17, 15) is 0 Å². The second kappa shape index (κ2) is 3.65. The fourth-order valence-electron chi connectivity index (χ4n) is 1.21. The van der Waals surface area contributed by atoms with Crippen molar-refractivity contribution in [3.8, 4) is 0 Å². The molecule has 0 aliphatic heterocycles. The molecule has 0 radical (unpaired) electrons. The van der Waals surface area contributed by atoms with Gasteiger partial charge in [0.2, 0.25) is 0 Å². The average molecular weight is 175 g/mol. The highest BCUT2D eigenvalue weighted by atomic mass is 14.5.